The van der Waals surface area contributed by atoms with E-state index in [-0.39, 0.29) is 55.7 Å². The maximum atomic E-state index is 2.82. The zero-order valence-electron chi connectivity index (χ0n) is 53.5. The van der Waals surface area contributed by atoms with Crippen LogP contribution in [0.4, 0.5) is 56.9 Å². The van der Waals surface area contributed by atoms with Gasteiger partial charge in [0.2, 0.25) is 0 Å². The highest BCUT2D eigenvalue weighted by molar-refractivity contribution is 7.00. The Bertz CT molecular complexity index is 3720. The lowest BCUT2D eigenvalue weighted by atomic mass is 9.33. The van der Waals surface area contributed by atoms with Crippen molar-refractivity contribution in [2.24, 2.45) is 0 Å². The van der Waals surface area contributed by atoms with Crippen molar-refractivity contribution in [3.63, 3.8) is 0 Å². The van der Waals surface area contributed by atoms with Crippen molar-refractivity contribution in [3.8, 4) is 0 Å². The highest BCUT2D eigenvalue weighted by atomic mass is 15.3. The van der Waals surface area contributed by atoms with Crippen LogP contribution in [0.1, 0.15) is 215 Å². The van der Waals surface area contributed by atoms with Crippen LogP contribution in [0.3, 0.4) is 0 Å². The molecule has 6 aliphatic rings. The molecule has 4 nitrogen and oxygen atoms in total. The van der Waals surface area contributed by atoms with Gasteiger partial charge in [-0.05, 0) is 195 Å². The third-order valence-electron chi connectivity index (χ3n) is 22.1. The zero-order valence-corrected chi connectivity index (χ0v) is 53.5. The highest BCUT2D eigenvalue weighted by Gasteiger charge is 2.61. The molecule has 0 radical (unpaired) electrons. The molecule has 4 heterocycles. The molecule has 4 aliphatic heterocycles. The van der Waals surface area contributed by atoms with Crippen molar-refractivity contribution < 1.29 is 0 Å². The lowest BCUT2D eigenvalue weighted by Gasteiger charge is -2.51. The number of rotatable bonds is 4. The Kier molecular flexibility index (Phi) is 11.9. The second-order valence-corrected chi connectivity index (χ2v) is 32.3. The lowest BCUT2D eigenvalue weighted by molar-refractivity contribution is 0.195. The number of anilines is 10. The van der Waals surface area contributed by atoms with Crippen LogP contribution in [-0.4, -0.2) is 17.8 Å². The number of fused-ring (bicyclic) bond motifs is 10. The van der Waals surface area contributed by atoms with Gasteiger partial charge in [0.25, 0.3) is 6.71 Å². The van der Waals surface area contributed by atoms with Crippen LogP contribution >= 0.6 is 0 Å². The molecular weight excluding hydrogens is 992 g/mol. The van der Waals surface area contributed by atoms with E-state index >= 15 is 0 Å². The molecule has 4 unspecified atom stereocenters. The van der Waals surface area contributed by atoms with E-state index in [1.165, 1.54) is 144 Å². The Morgan fingerprint density at radius 2 is 0.659 bits per heavy atom. The maximum absolute atomic E-state index is 2.82. The zero-order chi connectivity index (χ0) is 58.4. The fraction of sp³-hybridized carbons (Fsp3) is 0.455. The minimum absolute atomic E-state index is 0.00533. The summed E-state index contributed by atoms with van der Waals surface area (Å²) in [5.41, 5.74) is 26.6. The van der Waals surface area contributed by atoms with Crippen LogP contribution in [0.2, 0.25) is 0 Å². The van der Waals surface area contributed by atoms with E-state index in [9.17, 15) is 0 Å². The van der Waals surface area contributed by atoms with Gasteiger partial charge in [0, 0.05) is 67.7 Å². The van der Waals surface area contributed by atoms with Crippen LogP contribution in [0, 0.1) is 0 Å². The Morgan fingerprint density at radius 3 is 1.11 bits per heavy atom. The van der Waals surface area contributed by atoms with Gasteiger partial charge in [-0.1, -0.05) is 198 Å². The first-order valence-electron chi connectivity index (χ1n) is 31.5. The molecule has 424 valence electrons. The van der Waals surface area contributed by atoms with Crippen molar-refractivity contribution in [2.45, 2.75) is 225 Å². The van der Waals surface area contributed by atoms with Gasteiger partial charge in [-0.2, -0.15) is 0 Å². The molecule has 2 saturated carbocycles. The van der Waals surface area contributed by atoms with Crippen LogP contribution < -0.4 is 36.0 Å². The Balaban J connectivity index is 1.13. The molecule has 5 heteroatoms. The quantitative estimate of drug-likeness (QED) is 0.163. The molecule has 4 atom stereocenters. The molecule has 0 N–H and O–H groups in total. The summed E-state index contributed by atoms with van der Waals surface area (Å²) in [6.45, 7) is 45.7. The SMILES string of the molecule is CC(C)(C)c1ccc(N2c3ccc(N4c5ccc(C(C)(C)C)cc5C5(C)CCCCC45C)cc3B3c4cc(C(C)(C)C)ccc4N(c4ccc(C(C)(C)C)cc4)c4cc(N5c6ccc(C(C)(C)C)cc6C6(C)CCCC56C)cc2c43)cc1. The lowest BCUT2D eigenvalue weighted by Crippen LogP contribution is -2.62. The minimum Gasteiger partial charge on any atom is -0.334 e. The number of nitrogens with zero attached hydrogens (tertiary/aromatic N) is 4. The van der Waals surface area contributed by atoms with Crippen molar-refractivity contribution >= 4 is 80.0 Å². The second kappa shape index (κ2) is 17.7. The fourth-order valence-electron chi connectivity index (χ4n) is 16.5. The summed E-state index contributed by atoms with van der Waals surface area (Å²) in [7, 11) is 0. The molecule has 0 saturated heterocycles. The smallest absolute Gasteiger partial charge is 0.252 e. The van der Waals surface area contributed by atoms with E-state index in [1.54, 1.807) is 0 Å². The first kappa shape index (κ1) is 55.0. The van der Waals surface area contributed by atoms with E-state index in [4.69, 9.17) is 0 Å². The maximum Gasteiger partial charge on any atom is 0.252 e. The molecule has 2 fully saturated rings. The molecule has 0 bridgehead atoms. The fourth-order valence-corrected chi connectivity index (χ4v) is 16.5. The molecule has 2 aliphatic carbocycles. The molecule has 7 aromatic rings. The number of hydrogen-bond acceptors (Lipinski definition) is 4. The summed E-state index contributed by atoms with van der Waals surface area (Å²) in [6, 6.07) is 54.7. The predicted octanol–water partition coefficient (Wildman–Crippen LogP) is 19.4. The van der Waals surface area contributed by atoms with Gasteiger partial charge in [0.15, 0.2) is 0 Å². The summed E-state index contributed by atoms with van der Waals surface area (Å²) in [4.78, 5) is 11.0. The Morgan fingerprint density at radius 1 is 0.317 bits per heavy atom. The summed E-state index contributed by atoms with van der Waals surface area (Å²) in [5, 5.41) is 0. The van der Waals surface area contributed by atoms with Crippen LogP contribution in [-0.2, 0) is 37.9 Å². The van der Waals surface area contributed by atoms with Crippen LogP contribution in [0.25, 0.3) is 0 Å². The third-order valence-corrected chi connectivity index (χ3v) is 22.1. The van der Waals surface area contributed by atoms with Gasteiger partial charge < -0.3 is 19.6 Å². The average Bonchev–Trinajstić information content (AvgIpc) is 1.87. The largest absolute Gasteiger partial charge is 0.334 e. The van der Waals surface area contributed by atoms with E-state index in [1.807, 2.05) is 0 Å². The third kappa shape index (κ3) is 7.88. The highest BCUT2D eigenvalue weighted by Crippen LogP contribution is 2.65. The van der Waals surface area contributed by atoms with Crippen LogP contribution in [0.5, 0.6) is 0 Å². The van der Waals surface area contributed by atoms with E-state index in [0.717, 1.165) is 12.8 Å². The summed E-state index contributed by atoms with van der Waals surface area (Å²) >= 11 is 0. The second-order valence-electron chi connectivity index (χ2n) is 32.3. The van der Waals surface area contributed by atoms with Crippen molar-refractivity contribution in [1.29, 1.82) is 0 Å². The molecule has 82 heavy (non-hydrogen) atoms. The summed E-state index contributed by atoms with van der Waals surface area (Å²) in [6.07, 6.45) is 8.36. The standard InChI is InChI=1S/C77H93BN4/c1-69(2,3)49-23-30-54(31-24-49)79-64-37-29-53(73(13,14)15)45-60(64)78-61-46-56(81-62-35-27-51(71(7,8)9)43-58(62)74(16)39-20-21-41-76(74,81)18)34-38-65(61)80(55-32-25-50(26-33-55)70(4,5)6)67-48-57(47-66(79)68(67)78)82-63-36-28-52(72(10,11)12)44-59(63)75(17)40-22-42-77(75,82)19/h23-38,43-48H,20-22,39-42H2,1-19H3. The summed E-state index contributed by atoms with van der Waals surface area (Å²) in [5.74, 6) is 0. The van der Waals surface area contributed by atoms with Gasteiger partial charge >= 0.3 is 0 Å². The molecule has 7 aromatic carbocycles. The van der Waals surface area contributed by atoms with Crippen molar-refractivity contribution in [1.82, 2.24) is 0 Å². The van der Waals surface area contributed by atoms with Gasteiger partial charge in [-0.25, -0.2) is 0 Å². The number of benzene rings is 7. The average molecular weight is 1090 g/mol. The molecule has 0 spiro atoms. The summed E-state index contributed by atoms with van der Waals surface area (Å²) < 4.78 is 0. The normalized spacial score (nSPS) is 23.8. The van der Waals surface area contributed by atoms with Gasteiger partial charge in [0.1, 0.15) is 0 Å². The topological polar surface area (TPSA) is 13.0 Å². The number of hydrogen-bond donors (Lipinski definition) is 0. The molecular formula is C77H93BN4. The van der Waals surface area contributed by atoms with Gasteiger partial charge in [-0.15, -0.1) is 0 Å². The predicted molar refractivity (Wildman–Crippen MR) is 355 cm³/mol. The van der Waals surface area contributed by atoms with Crippen LogP contribution in [0.15, 0.2) is 133 Å². The Labute approximate surface area is 494 Å². The molecule has 13 rings (SSSR count). The first-order valence-corrected chi connectivity index (χ1v) is 31.5. The molecule has 0 aromatic heterocycles. The van der Waals surface area contributed by atoms with E-state index in [2.05, 4.69) is 285 Å². The first-order chi connectivity index (χ1) is 38.3. The monoisotopic (exact) mass is 1080 g/mol. The molecule has 0 amide bonds. The Hall–Kier alpha value is -6.20. The van der Waals surface area contributed by atoms with Crippen molar-refractivity contribution in [3.05, 3.63) is 172 Å². The minimum atomic E-state index is -0.135. The van der Waals surface area contributed by atoms with E-state index < -0.39 is 0 Å². The van der Waals surface area contributed by atoms with Crippen molar-refractivity contribution in [2.75, 3.05) is 19.6 Å². The van der Waals surface area contributed by atoms with Gasteiger partial charge in [-0.3, -0.25) is 0 Å². The van der Waals surface area contributed by atoms with E-state index in [0.29, 0.717) is 0 Å². The van der Waals surface area contributed by atoms with Gasteiger partial charge in [0.05, 0.1) is 11.1 Å².